The fourth-order valence-corrected chi connectivity index (χ4v) is 1.70. The van der Waals surface area contributed by atoms with Crippen molar-refractivity contribution >= 4 is 11.6 Å². The average molecular weight is 248 g/mol. The summed E-state index contributed by atoms with van der Waals surface area (Å²) in [5.74, 6) is 0. The van der Waals surface area contributed by atoms with E-state index in [-0.39, 0.29) is 6.04 Å². The van der Waals surface area contributed by atoms with Gasteiger partial charge >= 0.3 is 0 Å². The van der Waals surface area contributed by atoms with Gasteiger partial charge in [0.2, 0.25) is 0 Å². The summed E-state index contributed by atoms with van der Waals surface area (Å²) >= 11 is 5.83. The lowest BCUT2D eigenvalue weighted by atomic mass is 10.0. The third kappa shape index (κ3) is 3.25. The van der Waals surface area contributed by atoms with Crippen LogP contribution in [0.25, 0.3) is 0 Å². The Labute approximate surface area is 106 Å². The summed E-state index contributed by atoms with van der Waals surface area (Å²) in [6.45, 7) is 1.90. The molecule has 1 unspecified atom stereocenters. The van der Waals surface area contributed by atoms with Crippen LogP contribution in [0.5, 0.6) is 0 Å². The molecule has 0 bridgehead atoms. The Morgan fingerprint density at radius 2 is 1.88 bits per heavy atom. The van der Waals surface area contributed by atoms with Gasteiger partial charge in [-0.3, -0.25) is 9.97 Å². The molecule has 0 aliphatic rings. The van der Waals surface area contributed by atoms with E-state index in [1.165, 1.54) is 0 Å². The molecule has 2 N–H and O–H groups in total. The summed E-state index contributed by atoms with van der Waals surface area (Å²) in [6, 6.07) is 7.55. The van der Waals surface area contributed by atoms with Crippen molar-refractivity contribution in [3.63, 3.8) is 0 Å². The van der Waals surface area contributed by atoms with Crippen LogP contribution in [0.3, 0.4) is 0 Å². The molecule has 1 atom stereocenters. The van der Waals surface area contributed by atoms with Gasteiger partial charge in [0.15, 0.2) is 0 Å². The van der Waals surface area contributed by atoms with Crippen LogP contribution in [0.2, 0.25) is 5.02 Å². The summed E-state index contributed by atoms with van der Waals surface area (Å²) in [7, 11) is 0. The summed E-state index contributed by atoms with van der Waals surface area (Å²) in [4.78, 5) is 8.47. The van der Waals surface area contributed by atoms with Gasteiger partial charge in [-0.15, -0.1) is 0 Å². The maximum absolute atomic E-state index is 6.08. The minimum Gasteiger partial charge on any atom is -0.322 e. The Bertz CT molecular complexity index is 479. The summed E-state index contributed by atoms with van der Waals surface area (Å²) in [5, 5.41) is 0.734. The van der Waals surface area contributed by atoms with E-state index in [4.69, 9.17) is 17.3 Å². The Morgan fingerprint density at radius 3 is 2.47 bits per heavy atom. The number of benzene rings is 1. The number of aromatic nitrogens is 2. The van der Waals surface area contributed by atoms with Crippen LogP contribution in [0.15, 0.2) is 36.7 Å². The zero-order valence-corrected chi connectivity index (χ0v) is 10.4. The first-order valence-electron chi connectivity index (χ1n) is 5.44. The van der Waals surface area contributed by atoms with E-state index in [1.807, 2.05) is 31.2 Å². The molecular formula is C13H14ClN3. The van der Waals surface area contributed by atoms with Crippen LogP contribution >= 0.6 is 11.6 Å². The van der Waals surface area contributed by atoms with E-state index in [9.17, 15) is 0 Å². The molecule has 2 rings (SSSR count). The lowest BCUT2D eigenvalue weighted by Gasteiger charge is -2.10. The molecule has 0 fully saturated rings. The largest absolute Gasteiger partial charge is 0.322 e. The minimum atomic E-state index is -0.135. The highest BCUT2D eigenvalue weighted by Gasteiger charge is 2.08. The molecule has 4 heteroatoms. The van der Waals surface area contributed by atoms with Gasteiger partial charge in [-0.1, -0.05) is 23.7 Å². The molecule has 0 spiro atoms. The van der Waals surface area contributed by atoms with Crippen molar-refractivity contribution < 1.29 is 0 Å². The summed E-state index contributed by atoms with van der Waals surface area (Å²) in [5.41, 5.74) is 8.93. The monoisotopic (exact) mass is 247 g/mol. The molecule has 0 aliphatic heterocycles. The first-order chi connectivity index (χ1) is 8.15. The van der Waals surface area contributed by atoms with Crippen molar-refractivity contribution in [2.45, 2.75) is 19.4 Å². The van der Waals surface area contributed by atoms with Crippen LogP contribution in [0, 0.1) is 6.92 Å². The second kappa shape index (κ2) is 5.25. The van der Waals surface area contributed by atoms with Gasteiger partial charge < -0.3 is 5.73 Å². The number of halogens is 1. The van der Waals surface area contributed by atoms with Gasteiger partial charge in [-0.2, -0.15) is 0 Å². The highest BCUT2D eigenvalue weighted by atomic mass is 35.5. The molecule has 0 aliphatic carbocycles. The third-order valence-corrected chi connectivity index (χ3v) is 2.80. The highest BCUT2D eigenvalue weighted by Crippen LogP contribution is 2.16. The molecule has 1 heterocycles. The second-order valence-corrected chi connectivity index (χ2v) is 4.46. The molecule has 0 saturated heterocycles. The van der Waals surface area contributed by atoms with Crippen LogP contribution in [-0.4, -0.2) is 9.97 Å². The fourth-order valence-electron chi connectivity index (χ4n) is 1.57. The van der Waals surface area contributed by atoms with Gasteiger partial charge in [-0.25, -0.2) is 0 Å². The maximum atomic E-state index is 6.08. The zero-order valence-electron chi connectivity index (χ0n) is 9.60. The molecular weight excluding hydrogens is 234 g/mol. The molecule has 0 radical (unpaired) electrons. The fraction of sp³-hybridized carbons (Fsp3) is 0.231. The molecule has 88 valence electrons. The normalized spacial score (nSPS) is 12.4. The SMILES string of the molecule is Cc1cnc(C(N)Cc2ccc(Cl)cc2)cn1. The van der Waals surface area contributed by atoms with Crippen molar-refractivity contribution in [1.29, 1.82) is 0 Å². The topological polar surface area (TPSA) is 51.8 Å². The highest BCUT2D eigenvalue weighted by molar-refractivity contribution is 6.30. The van der Waals surface area contributed by atoms with Crippen LogP contribution in [0.4, 0.5) is 0 Å². The van der Waals surface area contributed by atoms with Crippen molar-refractivity contribution in [1.82, 2.24) is 9.97 Å². The van der Waals surface area contributed by atoms with E-state index in [0.29, 0.717) is 0 Å². The number of nitrogens with zero attached hydrogens (tertiary/aromatic N) is 2. The first kappa shape index (κ1) is 12.0. The van der Waals surface area contributed by atoms with Crippen molar-refractivity contribution in [2.24, 2.45) is 5.73 Å². The van der Waals surface area contributed by atoms with E-state index in [1.54, 1.807) is 12.4 Å². The number of hydrogen-bond donors (Lipinski definition) is 1. The van der Waals surface area contributed by atoms with E-state index < -0.39 is 0 Å². The van der Waals surface area contributed by atoms with Crippen LogP contribution in [0.1, 0.15) is 23.0 Å². The number of aryl methyl sites for hydroxylation is 1. The standard InChI is InChI=1S/C13H14ClN3/c1-9-7-17-13(8-16-9)12(15)6-10-2-4-11(14)5-3-10/h2-5,7-8,12H,6,15H2,1H3. The Balaban J connectivity index is 2.08. The molecule has 17 heavy (non-hydrogen) atoms. The summed E-state index contributed by atoms with van der Waals surface area (Å²) in [6.07, 6.45) is 4.20. The van der Waals surface area contributed by atoms with Gasteiger partial charge in [0.25, 0.3) is 0 Å². The van der Waals surface area contributed by atoms with Gasteiger partial charge in [-0.05, 0) is 31.0 Å². The van der Waals surface area contributed by atoms with Crippen LogP contribution < -0.4 is 5.73 Å². The molecule has 3 nitrogen and oxygen atoms in total. The predicted octanol–water partition coefficient (Wildman–Crippen LogP) is 2.68. The minimum absolute atomic E-state index is 0.135. The number of nitrogens with two attached hydrogens (primary N) is 1. The number of rotatable bonds is 3. The quantitative estimate of drug-likeness (QED) is 0.907. The van der Waals surface area contributed by atoms with E-state index >= 15 is 0 Å². The van der Waals surface area contributed by atoms with Gasteiger partial charge in [0, 0.05) is 11.2 Å². The van der Waals surface area contributed by atoms with E-state index in [0.717, 1.165) is 28.4 Å². The van der Waals surface area contributed by atoms with Gasteiger partial charge in [0.1, 0.15) is 0 Å². The average Bonchev–Trinajstić information content (AvgIpc) is 2.33. The zero-order chi connectivity index (χ0) is 12.3. The maximum Gasteiger partial charge on any atom is 0.0757 e. The molecule has 0 amide bonds. The lowest BCUT2D eigenvalue weighted by molar-refractivity contribution is 0.689. The summed E-state index contributed by atoms with van der Waals surface area (Å²) < 4.78 is 0. The Kier molecular flexibility index (Phi) is 3.71. The molecule has 2 aromatic rings. The first-order valence-corrected chi connectivity index (χ1v) is 5.81. The van der Waals surface area contributed by atoms with E-state index in [2.05, 4.69) is 9.97 Å². The van der Waals surface area contributed by atoms with Gasteiger partial charge in [0.05, 0.1) is 23.6 Å². The molecule has 1 aromatic carbocycles. The van der Waals surface area contributed by atoms with Crippen molar-refractivity contribution in [3.05, 3.63) is 58.6 Å². The Morgan fingerprint density at radius 1 is 1.18 bits per heavy atom. The smallest absolute Gasteiger partial charge is 0.0757 e. The molecule has 0 saturated carbocycles. The van der Waals surface area contributed by atoms with Crippen LogP contribution in [-0.2, 0) is 6.42 Å². The third-order valence-electron chi connectivity index (χ3n) is 2.55. The van der Waals surface area contributed by atoms with Crippen molar-refractivity contribution in [3.8, 4) is 0 Å². The van der Waals surface area contributed by atoms with Crippen molar-refractivity contribution in [2.75, 3.05) is 0 Å². The second-order valence-electron chi connectivity index (χ2n) is 4.02. The number of hydrogen-bond acceptors (Lipinski definition) is 3. The molecule has 1 aromatic heterocycles. The lowest BCUT2D eigenvalue weighted by Crippen LogP contribution is -2.15. The predicted molar refractivity (Wildman–Crippen MR) is 68.9 cm³/mol. The Hall–Kier alpha value is -1.45.